The number of halogens is 1. The van der Waals surface area contributed by atoms with Crippen LogP contribution < -0.4 is 9.64 Å². The first-order valence-corrected chi connectivity index (χ1v) is 12.7. The zero-order valence-electron chi connectivity index (χ0n) is 19.4. The highest BCUT2D eigenvalue weighted by atomic mass is 32.2. The molecule has 1 heterocycles. The van der Waals surface area contributed by atoms with Crippen LogP contribution in [0.15, 0.2) is 77.7 Å². The van der Waals surface area contributed by atoms with Crippen LogP contribution in [0.1, 0.15) is 15.9 Å². The van der Waals surface area contributed by atoms with Gasteiger partial charge in [-0.25, -0.2) is 17.6 Å². The van der Waals surface area contributed by atoms with E-state index in [2.05, 4.69) is 0 Å². The molecule has 4 rings (SSSR count). The molecule has 0 unspecified atom stereocenters. The summed E-state index contributed by atoms with van der Waals surface area (Å²) < 4.78 is 51.5. The molecule has 0 saturated carbocycles. The fourth-order valence-electron chi connectivity index (χ4n) is 3.91. The number of anilines is 1. The highest BCUT2D eigenvalue weighted by molar-refractivity contribution is 7.89. The lowest BCUT2D eigenvalue weighted by molar-refractivity contribution is 0.0509. The largest absolute Gasteiger partial charge is 0.497 e. The third kappa shape index (κ3) is 5.98. The summed E-state index contributed by atoms with van der Waals surface area (Å²) in [6.45, 7) is 1.72. The van der Waals surface area contributed by atoms with Gasteiger partial charge in [0.25, 0.3) is 0 Å². The van der Waals surface area contributed by atoms with Crippen molar-refractivity contribution in [2.45, 2.75) is 11.3 Å². The molecule has 0 aromatic heterocycles. The van der Waals surface area contributed by atoms with Gasteiger partial charge in [0.2, 0.25) is 10.0 Å². The van der Waals surface area contributed by atoms with Crippen molar-refractivity contribution in [3.8, 4) is 5.75 Å². The van der Waals surface area contributed by atoms with Crippen molar-refractivity contribution in [2.75, 3.05) is 44.8 Å². The molecule has 184 valence electrons. The lowest BCUT2D eigenvalue weighted by Crippen LogP contribution is -2.48. The number of sulfonamides is 1. The topological polar surface area (TPSA) is 76.1 Å². The molecule has 35 heavy (non-hydrogen) atoms. The molecule has 3 aromatic rings. The summed E-state index contributed by atoms with van der Waals surface area (Å²) >= 11 is 0. The number of esters is 1. The third-order valence-electron chi connectivity index (χ3n) is 5.92. The Morgan fingerprint density at radius 2 is 1.63 bits per heavy atom. The fourth-order valence-corrected chi connectivity index (χ4v) is 5.38. The Bertz CT molecular complexity index is 1260. The highest BCUT2D eigenvalue weighted by Crippen LogP contribution is 2.22. The van der Waals surface area contributed by atoms with Crippen LogP contribution in [0, 0.1) is 5.82 Å². The number of carbonyl (C=O) groups is 1. The van der Waals surface area contributed by atoms with Gasteiger partial charge in [-0.05, 0) is 60.2 Å². The van der Waals surface area contributed by atoms with Gasteiger partial charge in [0, 0.05) is 38.3 Å². The minimum absolute atomic E-state index is 0.0531. The SMILES string of the molecule is COc1ccc(CCOC(=O)c2cccc(S(=O)(=O)N3CCN(c4ccc(F)cc4)CC3)c2)cc1. The minimum atomic E-state index is -3.77. The van der Waals surface area contributed by atoms with E-state index in [0.29, 0.717) is 19.5 Å². The summed E-state index contributed by atoms with van der Waals surface area (Å²) in [7, 11) is -2.18. The quantitative estimate of drug-likeness (QED) is 0.441. The van der Waals surface area contributed by atoms with Gasteiger partial charge in [-0.2, -0.15) is 4.31 Å². The third-order valence-corrected chi connectivity index (χ3v) is 7.82. The molecule has 0 aliphatic carbocycles. The van der Waals surface area contributed by atoms with Crippen molar-refractivity contribution in [1.29, 1.82) is 0 Å². The molecule has 1 fully saturated rings. The summed E-state index contributed by atoms with van der Waals surface area (Å²) in [5.41, 5.74) is 2.03. The van der Waals surface area contributed by atoms with Crippen molar-refractivity contribution in [3.63, 3.8) is 0 Å². The molecule has 1 aliphatic rings. The highest BCUT2D eigenvalue weighted by Gasteiger charge is 2.29. The summed E-state index contributed by atoms with van der Waals surface area (Å²) in [6.07, 6.45) is 0.534. The number of carbonyl (C=O) groups excluding carboxylic acids is 1. The summed E-state index contributed by atoms with van der Waals surface area (Å²) in [5.74, 6) is -0.133. The maximum absolute atomic E-state index is 13.2. The first kappa shape index (κ1) is 24.7. The summed E-state index contributed by atoms with van der Waals surface area (Å²) in [5, 5.41) is 0. The van der Waals surface area contributed by atoms with E-state index in [1.54, 1.807) is 31.4 Å². The normalized spacial score (nSPS) is 14.5. The van der Waals surface area contributed by atoms with Gasteiger partial charge in [0.05, 0.1) is 24.2 Å². The minimum Gasteiger partial charge on any atom is -0.497 e. The molecule has 0 atom stereocenters. The fraction of sp³-hybridized carbons (Fsp3) is 0.269. The van der Waals surface area contributed by atoms with Crippen molar-refractivity contribution < 1.29 is 27.1 Å². The Labute approximate surface area is 204 Å². The Balaban J connectivity index is 1.35. The van der Waals surface area contributed by atoms with E-state index in [1.165, 1.54) is 28.6 Å². The second kappa shape index (κ2) is 10.9. The van der Waals surface area contributed by atoms with Crippen LogP contribution in [0.2, 0.25) is 0 Å². The zero-order valence-corrected chi connectivity index (χ0v) is 20.2. The monoisotopic (exact) mass is 498 g/mol. The van der Waals surface area contributed by atoms with Crippen LogP contribution in [0.4, 0.5) is 10.1 Å². The number of ether oxygens (including phenoxy) is 2. The van der Waals surface area contributed by atoms with Gasteiger partial charge in [-0.15, -0.1) is 0 Å². The van der Waals surface area contributed by atoms with Gasteiger partial charge in [0.1, 0.15) is 11.6 Å². The Kier molecular flexibility index (Phi) is 7.67. The predicted octanol–water partition coefficient (Wildman–Crippen LogP) is 3.74. The number of piperazine rings is 1. The van der Waals surface area contributed by atoms with Crippen LogP contribution in [0.25, 0.3) is 0 Å². The standard InChI is InChI=1S/C26H27FN2O5S/c1-33-24-11-5-20(6-12-24)13-18-34-26(30)21-3-2-4-25(19-21)35(31,32)29-16-14-28(15-17-29)23-9-7-22(27)8-10-23/h2-12,19H,13-18H2,1H3. The van der Waals surface area contributed by atoms with Gasteiger partial charge < -0.3 is 14.4 Å². The van der Waals surface area contributed by atoms with Crippen molar-refractivity contribution in [3.05, 3.63) is 89.7 Å². The number of nitrogens with zero attached hydrogens (tertiary/aromatic N) is 2. The van der Waals surface area contributed by atoms with E-state index < -0.39 is 16.0 Å². The van der Waals surface area contributed by atoms with Gasteiger partial charge in [-0.3, -0.25) is 0 Å². The lowest BCUT2D eigenvalue weighted by Gasteiger charge is -2.35. The zero-order chi connectivity index (χ0) is 24.8. The Morgan fingerprint density at radius 1 is 0.943 bits per heavy atom. The van der Waals surface area contributed by atoms with E-state index in [-0.39, 0.29) is 36.0 Å². The predicted molar refractivity (Wildman–Crippen MR) is 131 cm³/mol. The van der Waals surface area contributed by atoms with Crippen LogP contribution in [0.5, 0.6) is 5.75 Å². The van der Waals surface area contributed by atoms with Crippen molar-refractivity contribution >= 4 is 21.7 Å². The Hall–Kier alpha value is -3.43. The molecule has 0 bridgehead atoms. The van der Waals surface area contributed by atoms with E-state index in [4.69, 9.17) is 9.47 Å². The van der Waals surface area contributed by atoms with E-state index in [0.717, 1.165) is 17.0 Å². The van der Waals surface area contributed by atoms with Crippen LogP contribution in [-0.4, -0.2) is 58.6 Å². The first-order valence-electron chi connectivity index (χ1n) is 11.3. The van der Waals surface area contributed by atoms with Gasteiger partial charge in [0.15, 0.2) is 0 Å². The maximum atomic E-state index is 13.2. The molecular weight excluding hydrogens is 471 g/mol. The van der Waals surface area contributed by atoms with Gasteiger partial charge in [-0.1, -0.05) is 18.2 Å². The average Bonchev–Trinajstić information content (AvgIpc) is 2.89. The van der Waals surface area contributed by atoms with Crippen LogP contribution in [-0.2, 0) is 21.2 Å². The van der Waals surface area contributed by atoms with Crippen LogP contribution >= 0.6 is 0 Å². The van der Waals surface area contributed by atoms with Crippen molar-refractivity contribution in [1.82, 2.24) is 4.31 Å². The maximum Gasteiger partial charge on any atom is 0.338 e. The molecule has 7 nitrogen and oxygen atoms in total. The molecule has 0 N–H and O–H groups in total. The number of benzene rings is 3. The van der Waals surface area contributed by atoms with E-state index >= 15 is 0 Å². The number of hydrogen-bond donors (Lipinski definition) is 0. The van der Waals surface area contributed by atoms with E-state index in [1.807, 2.05) is 29.2 Å². The Morgan fingerprint density at radius 3 is 2.29 bits per heavy atom. The molecule has 0 radical (unpaired) electrons. The average molecular weight is 499 g/mol. The molecule has 1 aliphatic heterocycles. The molecule has 0 amide bonds. The van der Waals surface area contributed by atoms with Crippen LogP contribution in [0.3, 0.4) is 0 Å². The molecule has 9 heteroatoms. The lowest BCUT2D eigenvalue weighted by atomic mass is 10.1. The molecule has 0 spiro atoms. The second-order valence-electron chi connectivity index (χ2n) is 8.13. The second-order valence-corrected chi connectivity index (χ2v) is 10.1. The molecule has 1 saturated heterocycles. The first-order chi connectivity index (χ1) is 16.9. The number of rotatable bonds is 8. The smallest absolute Gasteiger partial charge is 0.338 e. The summed E-state index contributed by atoms with van der Waals surface area (Å²) in [6, 6.07) is 19.5. The van der Waals surface area contributed by atoms with Crippen molar-refractivity contribution in [2.24, 2.45) is 0 Å². The molecule has 3 aromatic carbocycles. The van der Waals surface area contributed by atoms with E-state index in [9.17, 15) is 17.6 Å². The van der Waals surface area contributed by atoms with Gasteiger partial charge >= 0.3 is 5.97 Å². The number of hydrogen-bond acceptors (Lipinski definition) is 6. The molecular formula is C26H27FN2O5S. The number of methoxy groups -OCH3 is 1. The summed E-state index contributed by atoms with van der Waals surface area (Å²) in [4.78, 5) is 14.6.